The third-order valence-corrected chi connectivity index (χ3v) is 3.38. The molecule has 0 radical (unpaired) electrons. The highest BCUT2D eigenvalue weighted by Crippen LogP contribution is 2.11. The number of hydrogen-bond acceptors (Lipinski definition) is 5. The van der Waals surface area contributed by atoms with Crippen LogP contribution in [0.4, 0.5) is 0 Å². The zero-order chi connectivity index (χ0) is 17.9. The highest BCUT2D eigenvalue weighted by atomic mass is 35.5. The molecule has 1 amide bonds. The highest BCUT2D eigenvalue weighted by molar-refractivity contribution is 6.30. The van der Waals surface area contributed by atoms with Crippen LogP contribution >= 0.6 is 11.6 Å². The van der Waals surface area contributed by atoms with E-state index in [-0.39, 0.29) is 19.6 Å². The fourth-order valence-corrected chi connectivity index (χ4v) is 2.13. The number of esters is 2. The lowest BCUT2D eigenvalue weighted by molar-refractivity contribution is -0.159. The van der Waals surface area contributed by atoms with Crippen LogP contribution in [0.2, 0.25) is 5.02 Å². The normalized spacial score (nSPS) is 10.3. The van der Waals surface area contributed by atoms with Gasteiger partial charge in [-0.1, -0.05) is 23.7 Å². The number of carbonyl (C=O) groups excluding carboxylic acids is 3. The summed E-state index contributed by atoms with van der Waals surface area (Å²) in [6.45, 7) is 3.46. The highest BCUT2D eigenvalue weighted by Gasteiger charge is 2.30. The van der Waals surface area contributed by atoms with Gasteiger partial charge in [0.05, 0.1) is 13.2 Å². The van der Waals surface area contributed by atoms with E-state index in [0.29, 0.717) is 17.9 Å². The standard InChI is InChI=1S/C17H22ClNO5/c1-3-23-16(21)15(17(22)24-4-2)19-14(20)7-5-6-12-8-10-13(18)11-9-12/h8-11,15H,3-7H2,1-2H3,(H,19,20). The van der Waals surface area contributed by atoms with Crippen LogP contribution in [-0.2, 0) is 30.3 Å². The molecule has 6 nitrogen and oxygen atoms in total. The predicted octanol–water partition coefficient (Wildman–Crippen LogP) is 2.27. The molecule has 1 aromatic carbocycles. The molecule has 0 saturated heterocycles. The SMILES string of the molecule is CCOC(=O)C(NC(=O)CCCc1ccc(Cl)cc1)C(=O)OCC. The topological polar surface area (TPSA) is 81.7 Å². The lowest BCUT2D eigenvalue weighted by Gasteiger charge is -2.15. The first kappa shape index (κ1) is 20.0. The Morgan fingerprint density at radius 2 is 1.58 bits per heavy atom. The van der Waals surface area contributed by atoms with Gasteiger partial charge in [-0.2, -0.15) is 0 Å². The molecule has 7 heteroatoms. The minimum Gasteiger partial charge on any atom is -0.464 e. The molecule has 24 heavy (non-hydrogen) atoms. The van der Waals surface area contributed by atoms with Crippen molar-refractivity contribution in [3.05, 3.63) is 34.9 Å². The molecular formula is C17H22ClNO5. The summed E-state index contributed by atoms with van der Waals surface area (Å²) >= 11 is 5.81. The molecule has 1 rings (SSSR count). The van der Waals surface area contributed by atoms with Gasteiger partial charge in [0.2, 0.25) is 11.9 Å². The molecule has 0 saturated carbocycles. The van der Waals surface area contributed by atoms with E-state index in [1.54, 1.807) is 26.0 Å². The van der Waals surface area contributed by atoms with E-state index in [1.165, 1.54) is 0 Å². The molecular weight excluding hydrogens is 334 g/mol. The monoisotopic (exact) mass is 355 g/mol. The van der Waals surface area contributed by atoms with Crippen molar-refractivity contribution >= 4 is 29.4 Å². The summed E-state index contributed by atoms with van der Waals surface area (Å²) in [5, 5.41) is 3.03. The Morgan fingerprint density at radius 3 is 2.08 bits per heavy atom. The quantitative estimate of drug-likeness (QED) is 0.543. The minimum absolute atomic E-state index is 0.112. The van der Waals surface area contributed by atoms with E-state index in [4.69, 9.17) is 21.1 Å². The molecule has 0 spiro atoms. The van der Waals surface area contributed by atoms with Crippen LogP contribution in [0.15, 0.2) is 24.3 Å². The van der Waals surface area contributed by atoms with Gasteiger partial charge in [0.15, 0.2) is 0 Å². The number of rotatable bonds is 9. The number of halogens is 1. The summed E-state index contributed by atoms with van der Waals surface area (Å²) in [7, 11) is 0. The third kappa shape index (κ3) is 7.00. The Labute approximate surface area is 146 Å². The summed E-state index contributed by atoms with van der Waals surface area (Å²) in [5.41, 5.74) is 1.06. The summed E-state index contributed by atoms with van der Waals surface area (Å²) in [5.74, 6) is -2.04. The summed E-state index contributed by atoms with van der Waals surface area (Å²) < 4.78 is 9.58. The Kier molecular flexibility index (Phi) is 8.86. The number of nitrogens with one attached hydrogen (secondary N) is 1. The van der Waals surface area contributed by atoms with Crippen molar-refractivity contribution in [2.24, 2.45) is 0 Å². The van der Waals surface area contributed by atoms with Gasteiger partial charge in [0.25, 0.3) is 0 Å². The van der Waals surface area contributed by atoms with Gasteiger partial charge in [0.1, 0.15) is 0 Å². The average Bonchev–Trinajstić information content (AvgIpc) is 2.55. The second kappa shape index (κ2) is 10.6. The number of carbonyl (C=O) groups is 3. The van der Waals surface area contributed by atoms with Gasteiger partial charge in [-0.25, -0.2) is 9.59 Å². The van der Waals surface area contributed by atoms with Crippen molar-refractivity contribution in [1.82, 2.24) is 5.32 Å². The summed E-state index contributed by atoms with van der Waals surface area (Å²) in [6.07, 6.45) is 1.44. The van der Waals surface area contributed by atoms with Crippen LogP contribution in [-0.4, -0.2) is 37.1 Å². The molecule has 0 aromatic heterocycles. The van der Waals surface area contributed by atoms with Gasteiger partial charge in [-0.15, -0.1) is 0 Å². The molecule has 0 aliphatic carbocycles. The predicted molar refractivity (Wildman–Crippen MR) is 89.6 cm³/mol. The van der Waals surface area contributed by atoms with Gasteiger partial charge >= 0.3 is 11.9 Å². The molecule has 0 bridgehead atoms. The van der Waals surface area contributed by atoms with E-state index in [1.807, 2.05) is 12.1 Å². The maximum atomic E-state index is 12.0. The van der Waals surface area contributed by atoms with Crippen molar-refractivity contribution in [2.75, 3.05) is 13.2 Å². The van der Waals surface area contributed by atoms with Crippen LogP contribution in [0.3, 0.4) is 0 Å². The lowest BCUT2D eigenvalue weighted by Crippen LogP contribution is -2.48. The second-order valence-corrected chi connectivity index (χ2v) is 5.42. The molecule has 1 N–H and O–H groups in total. The van der Waals surface area contributed by atoms with Gasteiger partial charge in [0, 0.05) is 11.4 Å². The molecule has 0 aliphatic heterocycles. The van der Waals surface area contributed by atoms with Crippen molar-refractivity contribution in [3.63, 3.8) is 0 Å². The van der Waals surface area contributed by atoms with Crippen molar-refractivity contribution in [3.8, 4) is 0 Å². The Morgan fingerprint density at radius 1 is 1.04 bits per heavy atom. The maximum Gasteiger partial charge on any atom is 0.340 e. The number of benzene rings is 1. The molecule has 0 atom stereocenters. The van der Waals surface area contributed by atoms with Gasteiger partial charge in [-0.05, 0) is 44.4 Å². The van der Waals surface area contributed by atoms with E-state index < -0.39 is 23.9 Å². The number of amides is 1. The maximum absolute atomic E-state index is 12.0. The zero-order valence-corrected chi connectivity index (χ0v) is 14.6. The smallest absolute Gasteiger partial charge is 0.340 e. The van der Waals surface area contributed by atoms with E-state index in [0.717, 1.165) is 5.56 Å². The van der Waals surface area contributed by atoms with Crippen LogP contribution in [0.25, 0.3) is 0 Å². The largest absolute Gasteiger partial charge is 0.464 e. The zero-order valence-electron chi connectivity index (χ0n) is 13.8. The van der Waals surface area contributed by atoms with Crippen molar-refractivity contribution in [2.45, 2.75) is 39.2 Å². The Balaban J connectivity index is 2.50. The molecule has 0 heterocycles. The molecule has 0 unspecified atom stereocenters. The Bertz CT molecular complexity index is 541. The number of ether oxygens (including phenoxy) is 2. The summed E-state index contributed by atoms with van der Waals surface area (Å²) in [6, 6.07) is 5.93. The first-order valence-electron chi connectivity index (χ1n) is 7.85. The number of hydrogen-bond donors (Lipinski definition) is 1. The number of aryl methyl sites for hydroxylation is 1. The second-order valence-electron chi connectivity index (χ2n) is 4.98. The van der Waals surface area contributed by atoms with Crippen LogP contribution < -0.4 is 5.32 Å². The first-order valence-corrected chi connectivity index (χ1v) is 8.22. The van der Waals surface area contributed by atoms with E-state index >= 15 is 0 Å². The minimum atomic E-state index is -1.42. The van der Waals surface area contributed by atoms with E-state index in [2.05, 4.69) is 5.32 Å². The lowest BCUT2D eigenvalue weighted by atomic mass is 10.1. The fraction of sp³-hybridized carbons (Fsp3) is 0.471. The molecule has 1 aromatic rings. The van der Waals surface area contributed by atoms with Crippen molar-refractivity contribution in [1.29, 1.82) is 0 Å². The molecule has 0 fully saturated rings. The molecule has 132 valence electrons. The van der Waals surface area contributed by atoms with Crippen LogP contribution in [0.5, 0.6) is 0 Å². The summed E-state index contributed by atoms with van der Waals surface area (Å²) in [4.78, 5) is 35.5. The average molecular weight is 356 g/mol. The fourth-order valence-electron chi connectivity index (χ4n) is 2.00. The third-order valence-electron chi connectivity index (χ3n) is 3.13. The van der Waals surface area contributed by atoms with Crippen molar-refractivity contribution < 1.29 is 23.9 Å². The molecule has 0 aliphatic rings. The first-order chi connectivity index (χ1) is 11.5. The van der Waals surface area contributed by atoms with E-state index in [9.17, 15) is 14.4 Å². The van der Waals surface area contributed by atoms with Gasteiger partial charge < -0.3 is 14.8 Å². The van der Waals surface area contributed by atoms with Crippen LogP contribution in [0, 0.1) is 0 Å². The van der Waals surface area contributed by atoms with Gasteiger partial charge in [-0.3, -0.25) is 4.79 Å². The Hall–Kier alpha value is -2.08. The van der Waals surface area contributed by atoms with Crippen LogP contribution in [0.1, 0.15) is 32.3 Å².